The van der Waals surface area contributed by atoms with Gasteiger partial charge in [-0.15, -0.1) is 0 Å². The van der Waals surface area contributed by atoms with Crippen molar-refractivity contribution in [2.75, 3.05) is 0 Å². The second-order valence-electron chi connectivity index (χ2n) is 11.3. The molecule has 0 radical (unpaired) electrons. The highest BCUT2D eigenvalue weighted by Crippen LogP contribution is 2.57. The van der Waals surface area contributed by atoms with Crippen molar-refractivity contribution >= 4 is 54.4 Å². The zero-order chi connectivity index (χ0) is 27.4. The minimum absolute atomic E-state index is 1.18. The number of hydrogen-bond acceptors (Lipinski definition) is 0. The maximum Gasteiger partial charge on any atom is 0.0648 e. The lowest BCUT2D eigenvalue weighted by molar-refractivity contribution is 1.17. The van der Waals surface area contributed by atoms with Gasteiger partial charge < -0.3 is 9.13 Å². The summed E-state index contributed by atoms with van der Waals surface area (Å²) >= 11 is 0. The van der Waals surface area contributed by atoms with Crippen LogP contribution >= 0.6 is 0 Å². The van der Waals surface area contributed by atoms with Gasteiger partial charge in [-0.3, -0.25) is 0 Å². The van der Waals surface area contributed by atoms with E-state index in [1.54, 1.807) is 0 Å². The lowest BCUT2D eigenvalue weighted by Crippen LogP contribution is -1.97. The van der Waals surface area contributed by atoms with E-state index in [4.69, 9.17) is 0 Å². The minimum atomic E-state index is 1.18. The fraction of sp³-hybridized carbons (Fsp3) is 0. The van der Waals surface area contributed by atoms with Gasteiger partial charge in [0.2, 0.25) is 0 Å². The average molecular weight is 533 g/mol. The fourth-order valence-corrected chi connectivity index (χ4v) is 7.67. The maximum absolute atomic E-state index is 2.50. The van der Waals surface area contributed by atoms with Crippen molar-refractivity contribution in [3.8, 4) is 33.6 Å². The number of aromatic nitrogens is 2. The molecule has 0 atom stereocenters. The van der Waals surface area contributed by atoms with Crippen molar-refractivity contribution in [2.24, 2.45) is 0 Å². The summed E-state index contributed by atoms with van der Waals surface area (Å²) in [7, 11) is 0. The van der Waals surface area contributed by atoms with Crippen LogP contribution in [0, 0.1) is 0 Å². The molecule has 1 aliphatic carbocycles. The minimum Gasteiger partial charge on any atom is -0.309 e. The Morgan fingerprint density at radius 2 is 0.833 bits per heavy atom. The SMILES string of the molecule is c1ccc(-n2c3ccccc3c3c2c2c(c4c5ccccc5n(-c5ccccc5)c43)-c3cccc4cccc-2c34)cc1. The maximum atomic E-state index is 2.50. The molecule has 42 heavy (non-hydrogen) atoms. The van der Waals surface area contributed by atoms with Crippen molar-refractivity contribution in [3.63, 3.8) is 0 Å². The second kappa shape index (κ2) is 7.99. The number of hydrogen-bond donors (Lipinski definition) is 0. The van der Waals surface area contributed by atoms with Gasteiger partial charge in [-0.2, -0.15) is 0 Å². The van der Waals surface area contributed by atoms with E-state index in [0.29, 0.717) is 0 Å². The van der Waals surface area contributed by atoms with Crippen LogP contribution < -0.4 is 0 Å². The predicted octanol–water partition coefficient (Wildman–Crippen LogP) is 10.7. The van der Waals surface area contributed by atoms with Crippen molar-refractivity contribution in [1.29, 1.82) is 0 Å². The molecule has 0 saturated heterocycles. The summed E-state index contributed by atoms with van der Waals surface area (Å²) in [6.07, 6.45) is 0. The van der Waals surface area contributed by atoms with E-state index >= 15 is 0 Å². The Hall–Kier alpha value is -5.60. The highest BCUT2D eigenvalue weighted by molar-refractivity contribution is 6.38. The Kier molecular flexibility index (Phi) is 4.21. The normalized spacial score (nSPS) is 12.3. The van der Waals surface area contributed by atoms with E-state index in [1.165, 1.54) is 88.0 Å². The molecule has 2 heterocycles. The van der Waals surface area contributed by atoms with Crippen LogP contribution in [0.25, 0.3) is 88.0 Å². The molecule has 0 saturated carbocycles. The van der Waals surface area contributed by atoms with Gasteiger partial charge in [-0.25, -0.2) is 0 Å². The lowest BCUT2D eigenvalue weighted by Gasteiger charge is -2.15. The molecule has 0 fully saturated rings. The van der Waals surface area contributed by atoms with Gasteiger partial charge >= 0.3 is 0 Å². The summed E-state index contributed by atoms with van der Waals surface area (Å²) in [5, 5.41) is 7.83. The van der Waals surface area contributed by atoms with Crippen molar-refractivity contribution < 1.29 is 0 Å². The van der Waals surface area contributed by atoms with Crippen LogP contribution in [0.15, 0.2) is 146 Å². The Bertz CT molecular complexity index is 2540. The third-order valence-electron chi connectivity index (χ3n) is 9.20. The molecule has 0 unspecified atom stereocenters. The molecule has 1 aliphatic rings. The number of fused-ring (bicyclic) bond motifs is 12. The second-order valence-corrected chi connectivity index (χ2v) is 11.3. The molecule has 9 aromatic rings. The van der Waals surface area contributed by atoms with Crippen LogP contribution in [-0.4, -0.2) is 9.13 Å². The van der Waals surface area contributed by atoms with E-state index in [0.717, 1.165) is 0 Å². The zero-order valence-corrected chi connectivity index (χ0v) is 22.8. The molecule has 2 aromatic heterocycles. The Morgan fingerprint density at radius 3 is 1.45 bits per heavy atom. The summed E-state index contributed by atoms with van der Waals surface area (Å²) in [5.74, 6) is 0. The molecule has 0 N–H and O–H groups in total. The summed E-state index contributed by atoms with van der Waals surface area (Å²) in [6, 6.07) is 53.2. The summed E-state index contributed by atoms with van der Waals surface area (Å²) in [4.78, 5) is 0. The molecule has 0 bridgehead atoms. The van der Waals surface area contributed by atoms with E-state index in [1.807, 2.05) is 0 Å². The van der Waals surface area contributed by atoms with Gasteiger partial charge in [0.05, 0.1) is 22.1 Å². The molecular weight excluding hydrogens is 508 g/mol. The first-order valence-electron chi connectivity index (χ1n) is 14.6. The van der Waals surface area contributed by atoms with Crippen LogP contribution in [0.2, 0.25) is 0 Å². The number of rotatable bonds is 2. The van der Waals surface area contributed by atoms with Crippen molar-refractivity contribution in [2.45, 2.75) is 0 Å². The van der Waals surface area contributed by atoms with Gasteiger partial charge in [0.25, 0.3) is 0 Å². The molecular formula is C40H24N2. The first-order chi connectivity index (χ1) is 20.9. The van der Waals surface area contributed by atoms with E-state index in [2.05, 4.69) is 155 Å². The lowest BCUT2D eigenvalue weighted by atomic mass is 9.94. The van der Waals surface area contributed by atoms with E-state index in [-0.39, 0.29) is 0 Å². The van der Waals surface area contributed by atoms with Gasteiger partial charge in [-0.1, -0.05) is 109 Å². The van der Waals surface area contributed by atoms with Crippen LogP contribution in [0.4, 0.5) is 0 Å². The van der Waals surface area contributed by atoms with Gasteiger partial charge in [-0.05, 0) is 58.3 Å². The fourth-order valence-electron chi connectivity index (χ4n) is 7.67. The monoisotopic (exact) mass is 532 g/mol. The topological polar surface area (TPSA) is 9.86 Å². The smallest absolute Gasteiger partial charge is 0.0648 e. The van der Waals surface area contributed by atoms with E-state index in [9.17, 15) is 0 Å². The highest BCUT2D eigenvalue weighted by atomic mass is 15.0. The standard InChI is InChI=1S/C40H24N2/c1-3-15-26(16-4-1)41-32-23-9-7-19-28(32)36-35-30-21-11-13-25-14-12-22-31(34(25)30)37(35)40-38(39(36)41)29-20-8-10-24-33(29)42(40)27-17-5-2-6-18-27/h1-24H. The first kappa shape index (κ1) is 22.1. The van der Waals surface area contributed by atoms with Crippen LogP contribution in [0.1, 0.15) is 0 Å². The Balaban J connectivity index is 1.60. The molecule has 2 nitrogen and oxygen atoms in total. The number of nitrogens with zero attached hydrogens (tertiary/aromatic N) is 2. The summed E-state index contributed by atoms with van der Waals surface area (Å²) in [5.41, 5.74) is 12.7. The van der Waals surface area contributed by atoms with Gasteiger partial charge in [0, 0.05) is 44.0 Å². The van der Waals surface area contributed by atoms with Gasteiger partial charge in [0.1, 0.15) is 0 Å². The van der Waals surface area contributed by atoms with Gasteiger partial charge in [0.15, 0.2) is 0 Å². The summed E-state index contributed by atoms with van der Waals surface area (Å²) < 4.78 is 5.00. The average Bonchev–Trinajstić information content (AvgIpc) is 3.69. The van der Waals surface area contributed by atoms with Crippen molar-refractivity contribution in [3.05, 3.63) is 146 Å². The molecule has 0 spiro atoms. The molecule has 0 amide bonds. The number of benzene rings is 7. The van der Waals surface area contributed by atoms with Crippen LogP contribution in [-0.2, 0) is 0 Å². The van der Waals surface area contributed by atoms with Crippen molar-refractivity contribution in [1.82, 2.24) is 9.13 Å². The molecule has 0 aliphatic heterocycles. The third-order valence-corrected chi connectivity index (χ3v) is 9.20. The predicted molar refractivity (Wildman–Crippen MR) is 177 cm³/mol. The van der Waals surface area contributed by atoms with Crippen LogP contribution in [0.3, 0.4) is 0 Å². The molecule has 2 heteroatoms. The Labute approximate surface area is 242 Å². The number of para-hydroxylation sites is 4. The first-order valence-corrected chi connectivity index (χ1v) is 14.6. The molecule has 7 aromatic carbocycles. The van der Waals surface area contributed by atoms with E-state index < -0.39 is 0 Å². The zero-order valence-electron chi connectivity index (χ0n) is 22.8. The third kappa shape index (κ3) is 2.65. The summed E-state index contributed by atoms with van der Waals surface area (Å²) in [6.45, 7) is 0. The van der Waals surface area contributed by atoms with Crippen LogP contribution in [0.5, 0.6) is 0 Å². The molecule has 194 valence electrons. The quantitative estimate of drug-likeness (QED) is 0.210. The highest BCUT2D eigenvalue weighted by Gasteiger charge is 2.32. The molecule has 10 rings (SSSR count). The Morgan fingerprint density at radius 1 is 0.333 bits per heavy atom. The largest absolute Gasteiger partial charge is 0.309 e.